The van der Waals surface area contributed by atoms with Gasteiger partial charge in [0.05, 0.1) is 12.3 Å². The number of benzene rings is 2. The minimum absolute atomic E-state index is 0.656. The van der Waals surface area contributed by atoms with E-state index < -0.39 is 0 Å². The van der Waals surface area contributed by atoms with Crippen molar-refractivity contribution in [1.82, 2.24) is 0 Å². The fraction of sp³-hybridized carbons (Fsp3) is 0.154. The molecule has 1 aliphatic heterocycles. The summed E-state index contributed by atoms with van der Waals surface area (Å²) in [7, 11) is 0. The number of hydrogen-bond acceptors (Lipinski definition) is 2. The second-order valence-corrected chi connectivity index (χ2v) is 3.53. The molecule has 74 valence electrons. The molecule has 2 heteroatoms. The molecule has 1 heterocycles. The molecule has 0 atom stereocenters. The van der Waals surface area contributed by atoms with Crippen molar-refractivity contribution >= 4 is 22.4 Å². The summed E-state index contributed by atoms with van der Waals surface area (Å²) in [5, 5.41) is 2.44. The van der Waals surface area contributed by atoms with Gasteiger partial charge in [-0.15, -0.1) is 0 Å². The molecule has 2 aromatic carbocycles. The highest BCUT2D eigenvalue weighted by Gasteiger charge is 2.18. The summed E-state index contributed by atoms with van der Waals surface area (Å²) in [6, 6.07) is 12.4. The first kappa shape index (κ1) is 8.48. The van der Waals surface area contributed by atoms with Gasteiger partial charge in [-0.1, -0.05) is 24.3 Å². The van der Waals surface area contributed by atoms with Crippen molar-refractivity contribution in [3.05, 3.63) is 42.0 Å². The van der Waals surface area contributed by atoms with Crippen molar-refractivity contribution in [3.8, 4) is 0 Å². The number of rotatable bonds is 1. The van der Waals surface area contributed by atoms with Crippen LogP contribution in [-0.2, 0) is 4.74 Å². The maximum absolute atomic E-state index is 5.53. The largest absolute Gasteiger partial charge is 0.478 e. The zero-order valence-corrected chi connectivity index (χ0v) is 8.53. The summed E-state index contributed by atoms with van der Waals surface area (Å²) < 4.78 is 5.53. The summed E-state index contributed by atoms with van der Waals surface area (Å²) in [5.41, 5.74) is 2.14. The molecule has 0 N–H and O–H groups in total. The Balaban J connectivity index is 2.30. The molecule has 2 aromatic rings. The van der Waals surface area contributed by atoms with Gasteiger partial charge in [0.25, 0.3) is 0 Å². The number of aliphatic imine (C=N–C) groups is 1. The Bertz CT molecular complexity index is 552. The Morgan fingerprint density at radius 2 is 1.93 bits per heavy atom. The molecule has 2 nitrogen and oxygen atoms in total. The van der Waals surface area contributed by atoms with Crippen molar-refractivity contribution in [2.24, 2.45) is 4.99 Å². The fourth-order valence-corrected chi connectivity index (χ4v) is 2.01. The van der Waals surface area contributed by atoms with E-state index in [2.05, 4.69) is 23.2 Å². The van der Waals surface area contributed by atoms with Crippen LogP contribution in [0.5, 0.6) is 0 Å². The van der Waals surface area contributed by atoms with Gasteiger partial charge in [-0.2, -0.15) is 0 Å². The Morgan fingerprint density at radius 1 is 1.13 bits per heavy atom. The van der Waals surface area contributed by atoms with E-state index in [1.54, 1.807) is 0 Å². The van der Waals surface area contributed by atoms with Gasteiger partial charge in [-0.25, -0.2) is 4.99 Å². The van der Waals surface area contributed by atoms with Crippen LogP contribution in [0.2, 0.25) is 0 Å². The van der Waals surface area contributed by atoms with Crippen LogP contribution in [0.4, 0.5) is 5.69 Å². The van der Waals surface area contributed by atoms with Crippen LogP contribution in [0.1, 0.15) is 12.5 Å². The van der Waals surface area contributed by atoms with Crippen LogP contribution in [0.15, 0.2) is 41.4 Å². The smallest absolute Gasteiger partial charge is 0.222 e. The zero-order chi connectivity index (χ0) is 10.3. The highest BCUT2D eigenvalue weighted by molar-refractivity contribution is 6.16. The molecule has 0 aromatic heterocycles. The average molecular weight is 197 g/mol. The third-order valence-corrected chi connectivity index (χ3v) is 2.62. The molecule has 3 rings (SSSR count). The van der Waals surface area contributed by atoms with Gasteiger partial charge in [0.15, 0.2) is 0 Å². The van der Waals surface area contributed by atoms with E-state index in [1.165, 1.54) is 10.8 Å². The van der Waals surface area contributed by atoms with Crippen molar-refractivity contribution in [2.45, 2.75) is 6.92 Å². The molecule has 0 unspecified atom stereocenters. The summed E-state index contributed by atoms with van der Waals surface area (Å²) >= 11 is 0. The van der Waals surface area contributed by atoms with E-state index in [-0.39, 0.29) is 0 Å². The third-order valence-electron chi connectivity index (χ3n) is 2.62. The molecule has 0 spiro atoms. The Hall–Kier alpha value is -1.83. The summed E-state index contributed by atoms with van der Waals surface area (Å²) in [5.74, 6) is 0.754. The molecule has 1 aliphatic rings. The lowest BCUT2D eigenvalue weighted by molar-refractivity contribution is 0.330. The molecular formula is C13H11NO. The molecular weight excluding hydrogens is 186 g/mol. The summed E-state index contributed by atoms with van der Waals surface area (Å²) in [6.07, 6.45) is 0. The molecule has 0 aliphatic carbocycles. The van der Waals surface area contributed by atoms with Gasteiger partial charge in [-0.3, -0.25) is 0 Å². The van der Waals surface area contributed by atoms with Crippen molar-refractivity contribution in [1.29, 1.82) is 0 Å². The van der Waals surface area contributed by atoms with Crippen LogP contribution >= 0.6 is 0 Å². The van der Waals surface area contributed by atoms with Crippen LogP contribution in [0, 0.1) is 0 Å². The van der Waals surface area contributed by atoms with E-state index in [9.17, 15) is 0 Å². The molecule has 0 bridgehead atoms. The molecule has 0 radical (unpaired) electrons. The Labute approximate surface area is 88.2 Å². The monoisotopic (exact) mass is 197 g/mol. The summed E-state index contributed by atoms with van der Waals surface area (Å²) in [4.78, 5) is 4.48. The van der Waals surface area contributed by atoms with Gasteiger partial charge < -0.3 is 4.74 Å². The van der Waals surface area contributed by atoms with Crippen molar-refractivity contribution in [3.63, 3.8) is 0 Å². The molecule has 0 saturated heterocycles. The van der Waals surface area contributed by atoms with E-state index in [0.717, 1.165) is 17.1 Å². The maximum Gasteiger partial charge on any atom is 0.222 e. The Kier molecular flexibility index (Phi) is 1.75. The lowest BCUT2D eigenvalue weighted by Crippen LogP contribution is -2.03. The third kappa shape index (κ3) is 1.14. The SMILES string of the molecule is CCOC1=Nc2cccc3cccc1c23. The van der Waals surface area contributed by atoms with Crippen LogP contribution in [0.25, 0.3) is 10.8 Å². The second-order valence-electron chi connectivity index (χ2n) is 3.53. The first-order valence-corrected chi connectivity index (χ1v) is 5.14. The minimum atomic E-state index is 0.656. The van der Waals surface area contributed by atoms with E-state index in [0.29, 0.717) is 6.61 Å². The number of ether oxygens (including phenoxy) is 1. The molecule has 0 amide bonds. The van der Waals surface area contributed by atoms with Crippen molar-refractivity contribution < 1.29 is 4.74 Å². The fourth-order valence-electron chi connectivity index (χ4n) is 2.01. The quantitative estimate of drug-likeness (QED) is 0.687. The van der Waals surface area contributed by atoms with Gasteiger partial charge >= 0.3 is 0 Å². The van der Waals surface area contributed by atoms with E-state index in [1.807, 2.05) is 25.1 Å². The standard InChI is InChI=1S/C13H11NO/c1-2-15-13-10-7-3-5-9-6-4-8-11(14-13)12(9)10/h3-8H,2H2,1H3. The van der Waals surface area contributed by atoms with Crippen molar-refractivity contribution in [2.75, 3.05) is 6.61 Å². The maximum atomic E-state index is 5.53. The van der Waals surface area contributed by atoms with Crippen LogP contribution < -0.4 is 0 Å². The first-order chi connectivity index (χ1) is 7.40. The average Bonchev–Trinajstić information content (AvgIpc) is 2.61. The predicted octanol–water partition coefficient (Wildman–Crippen LogP) is 3.27. The van der Waals surface area contributed by atoms with Crippen LogP contribution in [0.3, 0.4) is 0 Å². The lowest BCUT2D eigenvalue weighted by atomic mass is 10.1. The molecule has 15 heavy (non-hydrogen) atoms. The topological polar surface area (TPSA) is 21.6 Å². The van der Waals surface area contributed by atoms with Crippen LogP contribution in [-0.4, -0.2) is 12.5 Å². The van der Waals surface area contributed by atoms with Gasteiger partial charge in [0, 0.05) is 10.9 Å². The number of nitrogens with zero attached hydrogens (tertiary/aromatic N) is 1. The zero-order valence-electron chi connectivity index (χ0n) is 8.53. The molecule has 0 fully saturated rings. The second kappa shape index (κ2) is 3.09. The van der Waals surface area contributed by atoms with E-state index in [4.69, 9.17) is 4.74 Å². The molecule has 0 saturated carbocycles. The minimum Gasteiger partial charge on any atom is -0.478 e. The van der Waals surface area contributed by atoms with E-state index >= 15 is 0 Å². The lowest BCUT2D eigenvalue weighted by Gasteiger charge is -2.03. The highest BCUT2D eigenvalue weighted by atomic mass is 16.5. The van der Waals surface area contributed by atoms with Gasteiger partial charge in [0.1, 0.15) is 0 Å². The summed E-state index contributed by atoms with van der Waals surface area (Å²) in [6.45, 7) is 2.63. The first-order valence-electron chi connectivity index (χ1n) is 5.14. The normalized spacial score (nSPS) is 13.0. The highest BCUT2D eigenvalue weighted by Crippen LogP contribution is 2.35. The van der Waals surface area contributed by atoms with Gasteiger partial charge in [0.2, 0.25) is 5.90 Å². The number of hydrogen-bond donors (Lipinski definition) is 0. The Morgan fingerprint density at radius 3 is 2.73 bits per heavy atom. The van der Waals surface area contributed by atoms with Gasteiger partial charge in [-0.05, 0) is 24.4 Å². The predicted molar refractivity (Wildman–Crippen MR) is 61.8 cm³/mol.